The number of ether oxygens (including phenoxy) is 1. The van der Waals surface area contributed by atoms with Crippen LogP contribution in [0.1, 0.15) is 136 Å². The van der Waals surface area contributed by atoms with Crippen LogP contribution in [0.2, 0.25) is 0 Å². The summed E-state index contributed by atoms with van der Waals surface area (Å²) in [7, 11) is 0. The fraction of sp³-hybridized carbons (Fsp3) is 1.00. The summed E-state index contributed by atoms with van der Waals surface area (Å²) in [5.74, 6) is 7.37. The average Bonchev–Trinajstić information content (AvgIpc) is 2.91. The summed E-state index contributed by atoms with van der Waals surface area (Å²) in [4.78, 5) is 0. The van der Waals surface area contributed by atoms with Crippen LogP contribution in [0.3, 0.4) is 0 Å². The lowest BCUT2D eigenvalue weighted by Crippen LogP contribution is -2.32. The maximum absolute atomic E-state index is 12.8. The van der Waals surface area contributed by atoms with E-state index in [1.165, 1.54) is 109 Å². The highest BCUT2D eigenvalue weighted by Crippen LogP contribution is 2.48. The molecule has 0 amide bonds. The zero-order valence-electron chi connectivity index (χ0n) is 22.8. The van der Waals surface area contributed by atoms with E-state index >= 15 is 0 Å². The van der Waals surface area contributed by atoms with Crippen molar-refractivity contribution in [2.24, 2.45) is 47.3 Å². The van der Waals surface area contributed by atoms with Gasteiger partial charge in [-0.1, -0.05) is 33.1 Å². The van der Waals surface area contributed by atoms with Gasteiger partial charge in [0.25, 0.3) is 0 Å². The van der Waals surface area contributed by atoms with Gasteiger partial charge in [-0.2, -0.15) is 0 Å². The Morgan fingerprint density at radius 1 is 0.618 bits per heavy atom. The Bertz CT molecular complexity index is 531. The Hall–Kier alpha value is -0.110. The van der Waals surface area contributed by atoms with Gasteiger partial charge in [-0.3, -0.25) is 4.39 Å². The van der Waals surface area contributed by atoms with Crippen molar-refractivity contribution in [3.63, 3.8) is 0 Å². The minimum Gasteiger partial charge on any atom is -0.378 e. The predicted octanol–water partition coefficient (Wildman–Crippen LogP) is 9.78. The van der Waals surface area contributed by atoms with Crippen LogP contribution in [0.4, 0.5) is 4.39 Å². The van der Waals surface area contributed by atoms with Gasteiger partial charge < -0.3 is 4.74 Å². The normalized spacial score (nSPS) is 40.7. The highest BCUT2D eigenvalue weighted by atomic mass is 19.1. The topological polar surface area (TPSA) is 9.23 Å². The first-order valence-electron chi connectivity index (χ1n) is 15.8. The molecule has 0 spiro atoms. The van der Waals surface area contributed by atoms with Crippen LogP contribution in [0, 0.1) is 47.3 Å². The molecule has 0 aromatic carbocycles. The van der Waals surface area contributed by atoms with Crippen LogP contribution in [-0.2, 0) is 4.74 Å². The van der Waals surface area contributed by atoms with Gasteiger partial charge in [-0.15, -0.1) is 0 Å². The molecule has 34 heavy (non-hydrogen) atoms. The first-order valence-corrected chi connectivity index (χ1v) is 15.8. The van der Waals surface area contributed by atoms with E-state index < -0.39 is 0 Å². The van der Waals surface area contributed by atoms with Crippen molar-refractivity contribution in [2.45, 2.75) is 142 Å². The second kappa shape index (κ2) is 14.0. The van der Waals surface area contributed by atoms with Crippen molar-refractivity contribution >= 4 is 0 Å². The Labute approximate surface area is 211 Å². The van der Waals surface area contributed by atoms with E-state index in [-0.39, 0.29) is 12.6 Å². The molecule has 4 saturated carbocycles. The zero-order valence-corrected chi connectivity index (χ0v) is 22.8. The van der Waals surface area contributed by atoms with Gasteiger partial charge in [0.15, 0.2) is 0 Å². The molecule has 4 fully saturated rings. The third-order valence-corrected chi connectivity index (χ3v) is 11.1. The highest BCUT2D eigenvalue weighted by molar-refractivity contribution is 4.88. The smallest absolute Gasteiger partial charge is 0.0919 e. The minimum atomic E-state index is -0.129. The molecule has 4 rings (SSSR count). The molecule has 1 atom stereocenters. The average molecular weight is 477 g/mol. The quantitative estimate of drug-likeness (QED) is 0.305. The van der Waals surface area contributed by atoms with Gasteiger partial charge in [0, 0.05) is 6.61 Å². The summed E-state index contributed by atoms with van der Waals surface area (Å²) in [6, 6.07) is 0. The molecular weight excluding hydrogens is 419 g/mol. The molecule has 2 heteroatoms. The number of alkyl halides is 1. The zero-order chi connectivity index (χ0) is 23.8. The van der Waals surface area contributed by atoms with E-state index in [0.717, 1.165) is 60.9 Å². The van der Waals surface area contributed by atoms with Gasteiger partial charge in [0.2, 0.25) is 0 Å². The third-order valence-electron chi connectivity index (χ3n) is 11.1. The molecule has 0 heterocycles. The molecule has 1 nitrogen and oxygen atoms in total. The second-order valence-electron chi connectivity index (χ2n) is 13.4. The lowest BCUT2D eigenvalue weighted by Gasteiger charge is -2.43. The molecule has 0 aliphatic heterocycles. The van der Waals surface area contributed by atoms with Crippen LogP contribution in [0.25, 0.3) is 0 Å². The number of rotatable bonds is 10. The van der Waals surface area contributed by atoms with Crippen molar-refractivity contribution in [3.05, 3.63) is 0 Å². The van der Waals surface area contributed by atoms with Crippen molar-refractivity contribution in [2.75, 3.05) is 13.3 Å². The van der Waals surface area contributed by atoms with Crippen molar-refractivity contribution in [1.82, 2.24) is 0 Å². The Morgan fingerprint density at radius 2 is 1.00 bits per heavy atom. The monoisotopic (exact) mass is 476 g/mol. The Kier molecular flexibility index (Phi) is 11.1. The molecule has 0 saturated heterocycles. The Balaban J connectivity index is 1.09. The standard InChI is InChI=1S/C32H57FO/c1-3-22-34-32-20-18-31(19-21-32)30-16-14-29(15-17-30)28-12-10-27(11-13-28)26-8-6-25(7-9-26)5-4-24(2)23-33/h24-32H,3-23H2,1-2H3. The summed E-state index contributed by atoms with van der Waals surface area (Å²) >= 11 is 0. The molecular formula is C32H57FO. The van der Waals surface area contributed by atoms with Crippen LogP contribution < -0.4 is 0 Å². The predicted molar refractivity (Wildman–Crippen MR) is 143 cm³/mol. The SMILES string of the molecule is CCCOC1CCC(C2CCC(C3CCC(C4CCC(CCC(C)CF)CC4)CC3)CC2)CC1. The first-order chi connectivity index (χ1) is 16.7. The van der Waals surface area contributed by atoms with Gasteiger partial charge >= 0.3 is 0 Å². The number of hydrogen-bond donors (Lipinski definition) is 0. The van der Waals surface area contributed by atoms with E-state index in [1.54, 1.807) is 0 Å². The Morgan fingerprint density at radius 3 is 1.38 bits per heavy atom. The number of halogens is 1. The van der Waals surface area contributed by atoms with Gasteiger partial charge in [0.05, 0.1) is 12.8 Å². The fourth-order valence-electron chi connectivity index (χ4n) is 8.73. The lowest BCUT2D eigenvalue weighted by atomic mass is 9.63. The first kappa shape index (κ1) is 26.9. The summed E-state index contributed by atoms with van der Waals surface area (Å²) in [5, 5.41) is 0. The van der Waals surface area contributed by atoms with Crippen molar-refractivity contribution in [3.8, 4) is 0 Å². The molecule has 0 aromatic rings. The van der Waals surface area contributed by atoms with Crippen LogP contribution in [0.15, 0.2) is 0 Å². The van der Waals surface area contributed by atoms with E-state index in [4.69, 9.17) is 4.74 Å². The van der Waals surface area contributed by atoms with E-state index in [2.05, 4.69) is 13.8 Å². The molecule has 0 bridgehead atoms. The summed E-state index contributed by atoms with van der Waals surface area (Å²) in [6.45, 7) is 5.13. The summed E-state index contributed by atoms with van der Waals surface area (Å²) < 4.78 is 18.8. The second-order valence-corrected chi connectivity index (χ2v) is 13.4. The molecule has 4 aliphatic carbocycles. The largest absolute Gasteiger partial charge is 0.378 e. The lowest BCUT2D eigenvalue weighted by molar-refractivity contribution is 0.00540. The molecule has 1 unspecified atom stereocenters. The van der Waals surface area contributed by atoms with Gasteiger partial charge in [-0.25, -0.2) is 0 Å². The van der Waals surface area contributed by atoms with Crippen LogP contribution in [-0.4, -0.2) is 19.4 Å². The molecule has 0 radical (unpaired) electrons. The van der Waals surface area contributed by atoms with E-state index in [9.17, 15) is 4.39 Å². The van der Waals surface area contributed by atoms with Crippen molar-refractivity contribution in [1.29, 1.82) is 0 Å². The van der Waals surface area contributed by atoms with Crippen LogP contribution >= 0.6 is 0 Å². The molecule has 4 aliphatic rings. The minimum absolute atomic E-state index is 0.129. The van der Waals surface area contributed by atoms with E-state index in [1.807, 2.05) is 0 Å². The highest BCUT2D eigenvalue weighted by Gasteiger charge is 2.36. The van der Waals surface area contributed by atoms with Crippen molar-refractivity contribution < 1.29 is 9.13 Å². The number of hydrogen-bond acceptors (Lipinski definition) is 1. The molecule has 0 N–H and O–H groups in total. The molecule has 0 aromatic heterocycles. The van der Waals surface area contributed by atoms with E-state index in [0.29, 0.717) is 6.10 Å². The molecule has 198 valence electrons. The summed E-state index contributed by atoms with van der Waals surface area (Å²) in [5.41, 5.74) is 0. The maximum atomic E-state index is 12.8. The fourth-order valence-corrected chi connectivity index (χ4v) is 8.73. The van der Waals surface area contributed by atoms with Gasteiger partial charge in [-0.05, 0) is 150 Å². The summed E-state index contributed by atoms with van der Waals surface area (Å²) in [6.07, 6.45) is 27.7. The maximum Gasteiger partial charge on any atom is 0.0919 e. The van der Waals surface area contributed by atoms with Gasteiger partial charge in [0.1, 0.15) is 0 Å². The third kappa shape index (κ3) is 7.69. The van der Waals surface area contributed by atoms with Crippen LogP contribution in [0.5, 0.6) is 0 Å².